The average Bonchev–Trinajstić information content (AvgIpc) is 2.52. The second-order valence-electron chi connectivity index (χ2n) is 4.51. The van der Waals surface area contributed by atoms with Crippen LogP contribution in [0.2, 0.25) is 0 Å². The number of ether oxygens (including phenoxy) is 1. The predicted octanol–water partition coefficient (Wildman–Crippen LogP) is 3.27. The summed E-state index contributed by atoms with van der Waals surface area (Å²) >= 11 is 0. The molecular weight excluding hydrogens is 295 g/mol. The lowest BCUT2D eigenvalue weighted by Crippen LogP contribution is -2.29. The van der Waals surface area contributed by atoms with E-state index in [4.69, 9.17) is 0 Å². The van der Waals surface area contributed by atoms with Gasteiger partial charge in [-0.2, -0.15) is 13.2 Å². The van der Waals surface area contributed by atoms with E-state index >= 15 is 0 Å². The minimum Gasteiger partial charge on any atom is -0.468 e. The van der Waals surface area contributed by atoms with Crippen molar-refractivity contribution in [1.82, 2.24) is 15.4 Å². The molecule has 1 aromatic heterocycles. The average molecular weight is 311 g/mol. The van der Waals surface area contributed by atoms with E-state index in [1.165, 1.54) is 12.3 Å². The van der Waals surface area contributed by atoms with Gasteiger partial charge in [0.25, 0.3) is 0 Å². The Balaban J connectivity index is 2.11. The SMILES string of the molecule is C/C=C1/C=C(c2ccc(OCC(F)(F)F)nc2)C=CN1NC. The van der Waals surface area contributed by atoms with Crippen LogP contribution in [0.1, 0.15) is 12.5 Å². The smallest absolute Gasteiger partial charge is 0.422 e. The van der Waals surface area contributed by atoms with Gasteiger partial charge < -0.3 is 4.74 Å². The van der Waals surface area contributed by atoms with Crippen molar-refractivity contribution in [3.8, 4) is 5.88 Å². The fraction of sp³-hybridized carbons (Fsp3) is 0.267. The first kappa shape index (κ1) is 16.1. The summed E-state index contributed by atoms with van der Waals surface area (Å²) in [4.78, 5) is 3.90. The molecule has 1 aliphatic rings. The van der Waals surface area contributed by atoms with Gasteiger partial charge in [0, 0.05) is 31.1 Å². The van der Waals surface area contributed by atoms with Gasteiger partial charge >= 0.3 is 6.18 Å². The number of nitrogens with zero attached hydrogens (tertiary/aromatic N) is 2. The van der Waals surface area contributed by atoms with Crippen LogP contribution in [0.3, 0.4) is 0 Å². The van der Waals surface area contributed by atoms with E-state index in [1.807, 2.05) is 36.4 Å². The van der Waals surface area contributed by atoms with E-state index in [0.717, 1.165) is 16.8 Å². The molecule has 0 unspecified atom stereocenters. The third-order valence-corrected chi connectivity index (χ3v) is 2.97. The summed E-state index contributed by atoms with van der Waals surface area (Å²) in [5, 5.41) is 1.84. The molecule has 7 heteroatoms. The number of hydrogen-bond acceptors (Lipinski definition) is 4. The Morgan fingerprint density at radius 3 is 2.68 bits per heavy atom. The standard InChI is InChI=1S/C15H16F3N3O/c1-3-13-8-11(6-7-21(13)19-2)12-4-5-14(20-9-12)22-10-15(16,17)18/h3-9,19H,10H2,1-2H3/b13-3-. The first-order valence-corrected chi connectivity index (χ1v) is 6.62. The molecule has 0 atom stereocenters. The zero-order valence-corrected chi connectivity index (χ0v) is 12.2. The molecule has 1 N–H and O–H groups in total. The Labute approximate surface area is 126 Å². The Morgan fingerprint density at radius 1 is 1.36 bits per heavy atom. The zero-order chi connectivity index (χ0) is 16.2. The summed E-state index contributed by atoms with van der Waals surface area (Å²) in [5.74, 6) is -0.0513. The van der Waals surface area contributed by atoms with E-state index in [2.05, 4.69) is 15.1 Å². The van der Waals surface area contributed by atoms with Crippen molar-refractivity contribution < 1.29 is 17.9 Å². The molecule has 0 bridgehead atoms. The van der Waals surface area contributed by atoms with Crippen LogP contribution in [0.5, 0.6) is 5.88 Å². The normalized spacial score (nSPS) is 16.9. The second kappa shape index (κ2) is 6.65. The van der Waals surface area contributed by atoms with Crippen LogP contribution >= 0.6 is 0 Å². The molecule has 0 saturated carbocycles. The summed E-state index contributed by atoms with van der Waals surface area (Å²) in [7, 11) is 1.81. The number of hydrogen-bond donors (Lipinski definition) is 1. The van der Waals surface area contributed by atoms with Crippen LogP contribution in [-0.4, -0.2) is 29.8 Å². The fourth-order valence-electron chi connectivity index (χ4n) is 1.92. The van der Waals surface area contributed by atoms with Crippen molar-refractivity contribution in [2.45, 2.75) is 13.1 Å². The molecule has 0 spiro atoms. The van der Waals surface area contributed by atoms with Gasteiger partial charge in [-0.1, -0.05) is 6.08 Å². The Morgan fingerprint density at radius 2 is 2.14 bits per heavy atom. The number of allylic oxidation sites excluding steroid dienone is 4. The summed E-state index contributed by atoms with van der Waals surface area (Å²) < 4.78 is 40.8. The van der Waals surface area contributed by atoms with Crippen LogP contribution in [-0.2, 0) is 0 Å². The monoisotopic (exact) mass is 311 g/mol. The van der Waals surface area contributed by atoms with Crippen LogP contribution in [0.15, 0.2) is 48.5 Å². The highest BCUT2D eigenvalue weighted by molar-refractivity contribution is 5.76. The van der Waals surface area contributed by atoms with Crippen LogP contribution in [0, 0.1) is 0 Å². The van der Waals surface area contributed by atoms with E-state index in [9.17, 15) is 13.2 Å². The molecular formula is C15H16F3N3O. The van der Waals surface area contributed by atoms with Crippen LogP contribution in [0.25, 0.3) is 5.57 Å². The topological polar surface area (TPSA) is 37.4 Å². The maximum absolute atomic E-state index is 12.1. The van der Waals surface area contributed by atoms with Gasteiger partial charge in [0.1, 0.15) is 0 Å². The number of pyridine rings is 1. The summed E-state index contributed by atoms with van der Waals surface area (Å²) in [5.41, 5.74) is 5.67. The molecule has 2 heterocycles. The molecule has 0 radical (unpaired) electrons. The van der Waals surface area contributed by atoms with E-state index in [1.54, 1.807) is 13.1 Å². The summed E-state index contributed by atoms with van der Waals surface area (Å²) in [6, 6.07) is 3.10. The quantitative estimate of drug-likeness (QED) is 0.926. The predicted molar refractivity (Wildman–Crippen MR) is 77.6 cm³/mol. The number of rotatable bonds is 4. The maximum atomic E-state index is 12.1. The minimum absolute atomic E-state index is 0.0513. The van der Waals surface area contributed by atoms with Crippen molar-refractivity contribution in [1.29, 1.82) is 0 Å². The highest BCUT2D eigenvalue weighted by Crippen LogP contribution is 2.24. The Bertz CT molecular complexity index is 603. The third-order valence-electron chi connectivity index (χ3n) is 2.97. The minimum atomic E-state index is -4.37. The molecule has 1 aliphatic heterocycles. The molecule has 1 aromatic rings. The highest BCUT2D eigenvalue weighted by Gasteiger charge is 2.28. The molecule has 0 aliphatic carbocycles. The van der Waals surface area contributed by atoms with E-state index < -0.39 is 12.8 Å². The van der Waals surface area contributed by atoms with Gasteiger partial charge in [-0.25, -0.2) is 10.4 Å². The number of nitrogens with one attached hydrogen (secondary N) is 1. The van der Waals surface area contributed by atoms with Gasteiger partial charge in [0.15, 0.2) is 6.61 Å². The first-order valence-electron chi connectivity index (χ1n) is 6.62. The van der Waals surface area contributed by atoms with Crippen molar-refractivity contribution in [3.05, 3.63) is 54.0 Å². The molecule has 0 fully saturated rings. The van der Waals surface area contributed by atoms with Crippen molar-refractivity contribution in [2.24, 2.45) is 0 Å². The zero-order valence-electron chi connectivity index (χ0n) is 12.2. The van der Waals surface area contributed by atoms with Gasteiger partial charge in [-0.15, -0.1) is 0 Å². The summed E-state index contributed by atoms with van der Waals surface area (Å²) in [6.07, 6.45) is 4.75. The van der Waals surface area contributed by atoms with E-state index in [0.29, 0.717) is 0 Å². The first-order chi connectivity index (χ1) is 10.4. The van der Waals surface area contributed by atoms with Gasteiger partial charge in [-0.05, 0) is 30.7 Å². The third kappa shape index (κ3) is 4.11. The van der Waals surface area contributed by atoms with Crippen LogP contribution < -0.4 is 10.2 Å². The Kier molecular flexibility index (Phi) is 4.87. The van der Waals surface area contributed by atoms with E-state index in [-0.39, 0.29) is 5.88 Å². The molecule has 0 aromatic carbocycles. The number of halogens is 3. The van der Waals surface area contributed by atoms with Gasteiger partial charge in [0.2, 0.25) is 5.88 Å². The highest BCUT2D eigenvalue weighted by atomic mass is 19.4. The summed E-state index contributed by atoms with van der Waals surface area (Å²) in [6.45, 7) is 0.571. The molecule has 0 saturated heterocycles. The van der Waals surface area contributed by atoms with Crippen molar-refractivity contribution in [2.75, 3.05) is 13.7 Å². The van der Waals surface area contributed by atoms with Crippen molar-refractivity contribution >= 4 is 5.57 Å². The second-order valence-corrected chi connectivity index (χ2v) is 4.51. The molecule has 0 amide bonds. The molecule has 4 nitrogen and oxygen atoms in total. The van der Waals surface area contributed by atoms with Gasteiger partial charge in [-0.3, -0.25) is 5.01 Å². The molecule has 118 valence electrons. The van der Waals surface area contributed by atoms with Crippen LogP contribution in [0.4, 0.5) is 13.2 Å². The molecule has 22 heavy (non-hydrogen) atoms. The lowest BCUT2D eigenvalue weighted by atomic mass is 10.0. The fourth-order valence-corrected chi connectivity index (χ4v) is 1.92. The largest absolute Gasteiger partial charge is 0.468 e. The van der Waals surface area contributed by atoms with Gasteiger partial charge in [0.05, 0.1) is 5.70 Å². The number of hydrazine groups is 1. The molecule has 2 rings (SSSR count). The lowest BCUT2D eigenvalue weighted by molar-refractivity contribution is -0.154. The van der Waals surface area contributed by atoms with Crippen molar-refractivity contribution in [3.63, 3.8) is 0 Å². The number of aromatic nitrogens is 1. The maximum Gasteiger partial charge on any atom is 0.422 e. The number of alkyl halides is 3. The Hall–Kier alpha value is -2.28. The lowest BCUT2D eigenvalue weighted by Gasteiger charge is -2.24.